The molecule has 0 unspecified atom stereocenters. The minimum Gasteiger partial charge on any atom is -0.339 e. The molecule has 0 atom stereocenters. The first-order chi connectivity index (χ1) is 15.4. The van der Waals surface area contributed by atoms with Crippen LogP contribution >= 0.6 is 0 Å². The maximum atomic E-state index is 13.0. The molecule has 3 aliphatic rings. The molecule has 0 N–H and O–H groups in total. The SMILES string of the molecule is CN(C1CCCCC1)S(=O)(=O)c1ccc(C(=O)N2CCN(C(=O)C3CCCC3)CC2)cc1. The van der Waals surface area contributed by atoms with Crippen LogP contribution in [0.25, 0.3) is 0 Å². The summed E-state index contributed by atoms with van der Waals surface area (Å²) in [5.41, 5.74) is 0.486. The van der Waals surface area contributed by atoms with E-state index in [0.29, 0.717) is 31.7 Å². The Hall–Kier alpha value is -1.93. The van der Waals surface area contributed by atoms with Crippen LogP contribution in [-0.4, -0.2) is 73.6 Å². The zero-order valence-corrected chi connectivity index (χ0v) is 19.9. The predicted molar refractivity (Wildman–Crippen MR) is 123 cm³/mol. The summed E-state index contributed by atoms with van der Waals surface area (Å²) in [6, 6.07) is 6.36. The highest BCUT2D eigenvalue weighted by Gasteiger charge is 2.32. The summed E-state index contributed by atoms with van der Waals surface area (Å²) >= 11 is 0. The van der Waals surface area contributed by atoms with Gasteiger partial charge in [0, 0.05) is 50.7 Å². The van der Waals surface area contributed by atoms with Crippen LogP contribution in [0.3, 0.4) is 0 Å². The molecule has 2 saturated carbocycles. The number of nitrogens with zero attached hydrogens (tertiary/aromatic N) is 3. The third-order valence-electron chi connectivity index (χ3n) is 7.45. The van der Waals surface area contributed by atoms with Gasteiger partial charge in [-0.05, 0) is 49.9 Å². The zero-order valence-electron chi connectivity index (χ0n) is 19.0. The average molecular weight is 462 g/mol. The number of carbonyl (C=O) groups excluding carboxylic acids is 2. The Labute approximate surface area is 191 Å². The lowest BCUT2D eigenvalue weighted by Gasteiger charge is -2.36. The van der Waals surface area contributed by atoms with Crippen LogP contribution in [0, 0.1) is 5.92 Å². The fourth-order valence-corrected chi connectivity index (χ4v) is 6.74. The Balaban J connectivity index is 1.35. The highest BCUT2D eigenvalue weighted by Crippen LogP contribution is 2.28. The highest BCUT2D eigenvalue weighted by molar-refractivity contribution is 7.89. The molecule has 176 valence electrons. The summed E-state index contributed by atoms with van der Waals surface area (Å²) in [6.07, 6.45) is 9.36. The van der Waals surface area contributed by atoms with Crippen LogP contribution in [0.2, 0.25) is 0 Å². The monoisotopic (exact) mass is 461 g/mol. The first kappa shape index (κ1) is 23.2. The molecule has 8 heteroatoms. The molecule has 1 aromatic carbocycles. The molecule has 1 aliphatic heterocycles. The lowest BCUT2D eigenvalue weighted by atomic mass is 9.96. The highest BCUT2D eigenvalue weighted by atomic mass is 32.2. The van der Waals surface area contributed by atoms with Crippen molar-refractivity contribution >= 4 is 21.8 Å². The van der Waals surface area contributed by atoms with Gasteiger partial charge in [0.2, 0.25) is 15.9 Å². The largest absolute Gasteiger partial charge is 0.339 e. The number of hydrogen-bond acceptors (Lipinski definition) is 4. The molecule has 0 bridgehead atoms. The van der Waals surface area contributed by atoms with Crippen LogP contribution in [0.4, 0.5) is 0 Å². The number of rotatable bonds is 5. The number of sulfonamides is 1. The second kappa shape index (κ2) is 9.91. The minimum absolute atomic E-state index is 0.0540. The summed E-state index contributed by atoms with van der Waals surface area (Å²) in [5.74, 6) is 0.298. The van der Waals surface area contributed by atoms with Crippen molar-refractivity contribution in [2.75, 3.05) is 33.2 Å². The quantitative estimate of drug-likeness (QED) is 0.675. The molecular formula is C24H35N3O4S. The molecular weight excluding hydrogens is 426 g/mol. The van der Waals surface area contributed by atoms with Gasteiger partial charge in [-0.1, -0.05) is 32.1 Å². The molecule has 0 aromatic heterocycles. The van der Waals surface area contributed by atoms with Crippen molar-refractivity contribution < 1.29 is 18.0 Å². The predicted octanol–water partition coefficient (Wildman–Crippen LogP) is 3.11. The lowest BCUT2D eigenvalue weighted by molar-refractivity contribution is -0.136. The van der Waals surface area contributed by atoms with Crippen molar-refractivity contribution in [2.24, 2.45) is 5.92 Å². The van der Waals surface area contributed by atoms with Gasteiger partial charge in [0.25, 0.3) is 5.91 Å². The normalized spacial score (nSPS) is 21.3. The smallest absolute Gasteiger partial charge is 0.253 e. The van der Waals surface area contributed by atoms with Gasteiger partial charge in [0.1, 0.15) is 0 Å². The van der Waals surface area contributed by atoms with E-state index in [1.807, 2.05) is 4.90 Å². The second-order valence-corrected chi connectivity index (χ2v) is 11.4. The van der Waals surface area contributed by atoms with Crippen molar-refractivity contribution in [3.05, 3.63) is 29.8 Å². The van der Waals surface area contributed by atoms with Gasteiger partial charge in [0.15, 0.2) is 0 Å². The Bertz CT molecular complexity index is 911. The summed E-state index contributed by atoms with van der Waals surface area (Å²) in [4.78, 5) is 29.4. The molecule has 1 aromatic rings. The van der Waals surface area contributed by atoms with Crippen molar-refractivity contribution in [2.45, 2.75) is 68.7 Å². The molecule has 2 amide bonds. The third-order valence-corrected chi connectivity index (χ3v) is 9.37. The standard InChI is InChI=1S/C24H35N3O4S/c1-25(21-9-3-2-4-10-21)32(30,31)22-13-11-20(12-14-22)24(29)27-17-15-26(16-18-27)23(28)19-7-5-6-8-19/h11-14,19,21H,2-10,15-18H2,1H3. The molecule has 4 rings (SSSR count). The fraction of sp³-hybridized carbons (Fsp3) is 0.667. The van der Waals surface area contributed by atoms with E-state index in [1.165, 1.54) is 10.7 Å². The number of piperazine rings is 1. The Morgan fingerprint density at radius 3 is 1.94 bits per heavy atom. The third kappa shape index (κ3) is 4.86. The van der Waals surface area contributed by atoms with Gasteiger partial charge in [-0.2, -0.15) is 4.31 Å². The van der Waals surface area contributed by atoms with Gasteiger partial charge >= 0.3 is 0 Å². The van der Waals surface area contributed by atoms with E-state index < -0.39 is 10.0 Å². The Kier molecular flexibility index (Phi) is 7.20. The first-order valence-electron chi connectivity index (χ1n) is 12.0. The van der Waals surface area contributed by atoms with Gasteiger partial charge in [-0.15, -0.1) is 0 Å². The molecule has 0 radical (unpaired) electrons. The van der Waals surface area contributed by atoms with Gasteiger partial charge in [-0.25, -0.2) is 8.42 Å². The first-order valence-corrected chi connectivity index (χ1v) is 13.5. The van der Waals surface area contributed by atoms with Crippen molar-refractivity contribution in [1.29, 1.82) is 0 Å². The second-order valence-electron chi connectivity index (χ2n) is 9.44. The Morgan fingerprint density at radius 1 is 0.812 bits per heavy atom. The van der Waals surface area contributed by atoms with E-state index in [0.717, 1.165) is 51.4 Å². The molecule has 1 saturated heterocycles. The number of carbonyl (C=O) groups is 2. The average Bonchev–Trinajstić information content (AvgIpc) is 3.38. The van der Waals surface area contributed by atoms with Crippen molar-refractivity contribution in [3.8, 4) is 0 Å². The molecule has 32 heavy (non-hydrogen) atoms. The Morgan fingerprint density at radius 2 is 1.34 bits per heavy atom. The van der Waals surface area contributed by atoms with Crippen LogP contribution in [-0.2, 0) is 14.8 Å². The van der Waals surface area contributed by atoms with Gasteiger partial charge in [0.05, 0.1) is 4.90 Å². The summed E-state index contributed by atoms with van der Waals surface area (Å²) in [5, 5.41) is 0. The van der Waals surface area contributed by atoms with E-state index in [-0.39, 0.29) is 28.7 Å². The number of amides is 2. The minimum atomic E-state index is -3.57. The maximum absolute atomic E-state index is 13.0. The van der Waals surface area contributed by atoms with Crippen LogP contribution < -0.4 is 0 Å². The van der Waals surface area contributed by atoms with Crippen LogP contribution in [0.1, 0.15) is 68.1 Å². The van der Waals surface area contributed by atoms with E-state index in [2.05, 4.69) is 0 Å². The lowest BCUT2D eigenvalue weighted by Crippen LogP contribution is -2.51. The van der Waals surface area contributed by atoms with Gasteiger partial charge in [-0.3, -0.25) is 9.59 Å². The van der Waals surface area contributed by atoms with Crippen LogP contribution in [0.5, 0.6) is 0 Å². The number of benzene rings is 1. The molecule has 0 spiro atoms. The van der Waals surface area contributed by atoms with Crippen molar-refractivity contribution in [1.82, 2.24) is 14.1 Å². The maximum Gasteiger partial charge on any atom is 0.253 e. The number of hydrogen-bond donors (Lipinski definition) is 0. The fourth-order valence-electron chi connectivity index (χ4n) is 5.32. The van der Waals surface area contributed by atoms with Crippen LogP contribution in [0.15, 0.2) is 29.2 Å². The zero-order chi connectivity index (χ0) is 22.7. The van der Waals surface area contributed by atoms with Crippen molar-refractivity contribution in [3.63, 3.8) is 0 Å². The summed E-state index contributed by atoms with van der Waals surface area (Å²) in [7, 11) is -1.90. The summed E-state index contributed by atoms with van der Waals surface area (Å²) in [6.45, 7) is 2.17. The molecule has 2 aliphatic carbocycles. The van der Waals surface area contributed by atoms with Gasteiger partial charge < -0.3 is 9.80 Å². The summed E-state index contributed by atoms with van der Waals surface area (Å²) < 4.78 is 27.5. The molecule has 3 fully saturated rings. The van der Waals surface area contributed by atoms with E-state index >= 15 is 0 Å². The molecule has 7 nitrogen and oxygen atoms in total. The topological polar surface area (TPSA) is 78.0 Å². The molecule has 1 heterocycles. The van der Waals surface area contributed by atoms with E-state index in [4.69, 9.17) is 0 Å². The van der Waals surface area contributed by atoms with E-state index in [9.17, 15) is 18.0 Å². The van der Waals surface area contributed by atoms with E-state index in [1.54, 1.807) is 36.2 Å².